The van der Waals surface area contributed by atoms with E-state index in [0.29, 0.717) is 23.5 Å². The highest BCUT2D eigenvalue weighted by molar-refractivity contribution is 6.01. The molecule has 2 aliphatic rings. The number of piperidine rings is 1. The van der Waals surface area contributed by atoms with Crippen molar-refractivity contribution in [3.05, 3.63) is 59.7 Å². The zero-order chi connectivity index (χ0) is 17.3. The molecule has 1 fully saturated rings. The minimum Gasteiger partial charge on any atom is -0.493 e. The summed E-state index contributed by atoms with van der Waals surface area (Å²) in [5.41, 5.74) is 1.59. The number of halogens is 1. The van der Waals surface area contributed by atoms with Crippen LogP contribution in [-0.4, -0.2) is 36.5 Å². The van der Waals surface area contributed by atoms with E-state index in [1.807, 2.05) is 24.3 Å². The summed E-state index contributed by atoms with van der Waals surface area (Å²) >= 11 is 0. The number of methoxy groups -OCH3 is 1. The van der Waals surface area contributed by atoms with Gasteiger partial charge in [0, 0.05) is 32.5 Å². The van der Waals surface area contributed by atoms with E-state index in [9.17, 15) is 4.79 Å². The molecule has 0 aliphatic carbocycles. The second kappa shape index (κ2) is 7.68. The van der Waals surface area contributed by atoms with E-state index in [1.54, 1.807) is 7.11 Å². The molecule has 0 atom stereocenters. The molecule has 2 aromatic rings. The summed E-state index contributed by atoms with van der Waals surface area (Å²) in [5.74, 6) is 1.44. The van der Waals surface area contributed by atoms with Crippen LogP contribution in [0.3, 0.4) is 0 Å². The number of hydrogen-bond donors (Lipinski definition) is 0. The maximum absolute atomic E-state index is 12.7. The molecule has 0 aromatic heterocycles. The topological polar surface area (TPSA) is 38.8 Å². The molecule has 26 heavy (non-hydrogen) atoms. The molecule has 2 aliphatic heterocycles. The number of ether oxygens (including phenoxy) is 2. The Morgan fingerprint density at radius 1 is 1.08 bits per heavy atom. The van der Waals surface area contributed by atoms with Gasteiger partial charge in [0.25, 0.3) is 0 Å². The molecule has 138 valence electrons. The third-order valence-corrected chi connectivity index (χ3v) is 5.32. The Kier molecular flexibility index (Phi) is 5.54. The van der Waals surface area contributed by atoms with Gasteiger partial charge in [-0.25, -0.2) is 0 Å². The summed E-state index contributed by atoms with van der Waals surface area (Å²) < 4.78 is 11.8. The lowest BCUT2D eigenvalue weighted by molar-refractivity contribution is -0.0123. The summed E-state index contributed by atoms with van der Waals surface area (Å²) in [6.07, 6.45) is 2.19. The monoisotopic (exact) mass is 373 g/mol. The van der Waals surface area contributed by atoms with E-state index in [1.165, 1.54) is 5.56 Å². The van der Waals surface area contributed by atoms with Crippen molar-refractivity contribution >= 4 is 18.2 Å². The fraction of sp³-hybridized carbons (Fsp3) is 0.381. The standard InChI is InChI=1S/C21H23NO3.ClH/c1-24-19-9-5-8-17-18(23)14-21(25-20(17)19)10-12-22(13-11-21)15-16-6-3-2-4-7-16;/h2-9H,10-15H2,1H3;1H. The van der Waals surface area contributed by atoms with Crippen LogP contribution in [0.2, 0.25) is 0 Å². The summed E-state index contributed by atoms with van der Waals surface area (Å²) in [5, 5.41) is 0. The van der Waals surface area contributed by atoms with Gasteiger partial charge in [-0.2, -0.15) is 0 Å². The van der Waals surface area contributed by atoms with Crippen LogP contribution in [-0.2, 0) is 6.54 Å². The predicted molar refractivity (Wildman–Crippen MR) is 104 cm³/mol. The SMILES string of the molecule is COc1cccc2c1OC1(CCN(Cc3ccccc3)CC1)CC2=O.Cl. The molecule has 4 rings (SSSR count). The highest BCUT2D eigenvalue weighted by atomic mass is 35.5. The van der Waals surface area contributed by atoms with Crippen LogP contribution in [0.4, 0.5) is 0 Å². The molecule has 0 unspecified atom stereocenters. The third-order valence-electron chi connectivity index (χ3n) is 5.32. The Balaban J connectivity index is 0.00000196. The van der Waals surface area contributed by atoms with Crippen molar-refractivity contribution in [2.24, 2.45) is 0 Å². The molecule has 0 amide bonds. The number of nitrogens with zero attached hydrogens (tertiary/aromatic N) is 1. The number of para-hydroxylation sites is 1. The van der Waals surface area contributed by atoms with Crippen LogP contribution in [0.25, 0.3) is 0 Å². The van der Waals surface area contributed by atoms with Gasteiger partial charge in [-0.05, 0) is 17.7 Å². The summed E-state index contributed by atoms with van der Waals surface area (Å²) in [6, 6.07) is 16.0. The Morgan fingerprint density at radius 3 is 2.50 bits per heavy atom. The Bertz CT molecular complexity index is 770. The first-order valence-corrected chi connectivity index (χ1v) is 8.85. The molecule has 0 saturated carbocycles. The predicted octanol–water partition coefficient (Wildman–Crippen LogP) is 4.12. The highest BCUT2D eigenvalue weighted by Crippen LogP contribution is 2.43. The number of likely N-dealkylation sites (tertiary alicyclic amines) is 1. The van der Waals surface area contributed by atoms with E-state index in [0.717, 1.165) is 32.5 Å². The number of carbonyl (C=O) groups is 1. The number of benzene rings is 2. The fourth-order valence-corrected chi connectivity index (χ4v) is 3.88. The molecule has 0 bridgehead atoms. The van der Waals surface area contributed by atoms with Crippen LogP contribution in [0.1, 0.15) is 35.2 Å². The molecule has 0 radical (unpaired) electrons. The van der Waals surface area contributed by atoms with Crippen LogP contribution in [0.5, 0.6) is 11.5 Å². The van der Waals surface area contributed by atoms with E-state index >= 15 is 0 Å². The van der Waals surface area contributed by atoms with Crippen LogP contribution >= 0.6 is 12.4 Å². The van der Waals surface area contributed by atoms with Crippen molar-refractivity contribution in [3.8, 4) is 11.5 Å². The van der Waals surface area contributed by atoms with Crippen LogP contribution < -0.4 is 9.47 Å². The lowest BCUT2D eigenvalue weighted by atomic mass is 9.82. The second-order valence-electron chi connectivity index (χ2n) is 6.98. The quantitative estimate of drug-likeness (QED) is 0.811. The van der Waals surface area contributed by atoms with Crippen LogP contribution in [0, 0.1) is 0 Å². The second-order valence-corrected chi connectivity index (χ2v) is 6.98. The molecule has 1 spiro atoms. The van der Waals surface area contributed by atoms with Crippen LogP contribution in [0.15, 0.2) is 48.5 Å². The van der Waals surface area contributed by atoms with E-state index in [2.05, 4.69) is 29.2 Å². The van der Waals surface area contributed by atoms with E-state index in [-0.39, 0.29) is 23.8 Å². The van der Waals surface area contributed by atoms with E-state index < -0.39 is 0 Å². The van der Waals surface area contributed by atoms with Crippen molar-refractivity contribution in [3.63, 3.8) is 0 Å². The van der Waals surface area contributed by atoms with Gasteiger partial charge < -0.3 is 9.47 Å². The minimum absolute atomic E-state index is 0. The van der Waals surface area contributed by atoms with Crippen molar-refractivity contribution < 1.29 is 14.3 Å². The lowest BCUT2D eigenvalue weighted by Crippen LogP contribution is -2.50. The molecular weight excluding hydrogens is 350 g/mol. The normalized spacial score (nSPS) is 18.6. The minimum atomic E-state index is -0.383. The van der Waals surface area contributed by atoms with Crippen molar-refractivity contribution in [2.75, 3.05) is 20.2 Å². The highest BCUT2D eigenvalue weighted by Gasteiger charge is 2.43. The fourth-order valence-electron chi connectivity index (χ4n) is 3.88. The number of hydrogen-bond acceptors (Lipinski definition) is 4. The van der Waals surface area contributed by atoms with Gasteiger partial charge in [0.2, 0.25) is 0 Å². The zero-order valence-electron chi connectivity index (χ0n) is 14.9. The van der Waals surface area contributed by atoms with Crippen molar-refractivity contribution in [1.29, 1.82) is 0 Å². The number of Topliss-reactive ketones (excluding diaryl/α,β-unsaturated/α-hetero) is 1. The average Bonchev–Trinajstić information content (AvgIpc) is 2.64. The number of fused-ring (bicyclic) bond motifs is 1. The largest absolute Gasteiger partial charge is 0.493 e. The third kappa shape index (κ3) is 3.57. The first-order valence-electron chi connectivity index (χ1n) is 8.85. The van der Waals surface area contributed by atoms with E-state index in [4.69, 9.17) is 9.47 Å². The van der Waals surface area contributed by atoms with Gasteiger partial charge in [0.15, 0.2) is 17.3 Å². The molecule has 4 nitrogen and oxygen atoms in total. The van der Waals surface area contributed by atoms with Crippen molar-refractivity contribution in [2.45, 2.75) is 31.4 Å². The molecule has 1 saturated heterocycles. The zero-order valence-corrected chi connectivity index (χ0v) is 15.8. The Hall–Kier alpha value is -2.04. The van der Waals surface area contributed by atoms with Gasteiger partial charge in [0.1, 0.15) is 5.60 Å². The molecule has 0 N–H and O–H groups in total. The first-order chi connectivity index (χ1) is 12.2. The van der Waals surface area contributed by atoms with Gasteiger partial charge >= 0.3 is 0 Å². The average molecular weight is 374 g/mol. The first kappa shape index (κ1) is 18.7. The molecular formula is C21H24ClNO3. The summed E-state index contributed by atoms with van der Waals surface area (Å²) in [4.78, 5) is 15.1. The molecule has 5 heteroatoms. The van der Waals surface area contributed by atoms with Gasteiger partial charge in [-0.1, -0.05) is 36.4 Å². The smallest absolute Gasteiger partial charge is 0.172 e. The number of carbonyl (C=O) groups excluding carboxylic acids is 1. The van der Waals surface area contributed by atoms with Gasteiger partial charge in [0.05, 0.1) is 19.1 Å². The number of ketones is 1. The summed E-state index contributed by atoms with van der Waals surface area (Å²) in [7, 11) is 1.62. The molecule has 2 heterocycles. The Labute approximate surface area is 160 Å². The Morgan fingerprint density at radius 2 is 1.81 bits per heavy atom. The van der Waals surface area contributed by atoms with Gasteiger partial charge in [-0.15, -0.1) is 12.4 Å². The number of rotatable bonds is 3. The lowest BCUT2D eigenvalue weighted by Gasteiger charge is -2.44. The molecule has 2 aromatic carbocycles. The van der Waals surface area contributed by atoms with Gasteiger partial charge in [-0.3, -0.25) is 9.69 Å². The summed E-state index contributed by atoms with van der Waals surface area (Å²) in [6.45, 7) is 2.82. The van der Waals surface area contributed by atoms with Crippen molar-refractivity contribution in [1.82, 2.24) is 4.90 Å². The maximum Gasteiger partial charge on any atom is 0.172 e. The maximum atomic E-state index is 12.7.